The van der Waals surface area contributed by atoms with Gasteiger partial charge in [0.2, 0.25) is 0 Å². The topological polar surface area (TPSA) is 12.9 Å². The molecule has 0 aliphatic heterocycles. The van der Waals surface area contributed by atoms with Crippen molar-refractivity contribution in [2.75, 3.05) is 0 Å². The van der Waals surface area contributed by atoms with Crippen molar-refractivity contribution in [3.63, 3.8) is 0 Å². The third-order valence-corrected chi connectivity index (χ3v) is 7.70. The molecule has 2 aromatic heterocycles. The lowest BCUT2D eigenvalue weighted by atomic mass is 9.63. The minimum Gasteiger partial charge on any atom is -0.244 e. The molecule has 5 rings (SSSR count). The van der Waals surface area contributed by atoms with Crippen molar-refractivity contribution in [1.29, 1.82) is 0 Å². The van der Waals surface area contributed by atoms with E-state index < -0.39 is 0 Å². The third kappa shape index (κ3) is 2.25. The van der Waals surface area contributed by atoms with Gasteiger partial charge in [0, 0.05) is 31.8 Å². The number of hydrogen-bond acceptors (Lipinski definition) is 2. The Labute approximate surface area is 163 Å². The van der Waals surface area contributed by atoms with E-state index in [-0.39, 0.29) is 10.8 Å². The van der Waals surface area contributed by atoms with Crippen LogP contribution >= 0.6 is 22.9 Å². The SMILES string of the molecule is CC1(C)CCC(C)(C)c2cc3c(cc21)sc1cc2ccnc(Cl)c2cc13. The second-order valence-corrected chi connectivity index (χ2v) is 10.4. The first kappa shape index (κ1) is 16.5. The second kappa shape index (κ2) is 5.21. The van der Waals surface area contributed by atoms with Crippen LogP contribution in [-0.4, -0.2) is 4.98 Å². The van der Waals surface area contributed by atoms with Crippen LogP contribution in [0.25, 0.3) is 30.9 Å². The van der Waals surface area contributed by atoms with Crippen molar-refractivity contribution in [2.24, 2.45) is 0 Å². The Balaban J connectivity index is 1.91. The number of benzene rings is 2. The number of halogens is 1. The van der Waals surface area contributed by atoms with E-state index in [1.54, 1.807) is 6.20 Å². The summed E-state index contributed by atoms with van der Waals surface area (Å²) in [7, 11) is 0. The van der Waals surface area contributed by atoms with Crippen LogP contribution in [0.4, 0.5) is 0 Å². The van der Waals surface area contributed by atoms with Gasteiger partial charge in [-0.1, -0.05) is 39.3 Å². The summed E-state index contributed by atoms with van der Waals surface area (Å²) in [5.41, 5.74) is 3.51. The van der Waals surface area contributed by atoms with Gasteiger partial charge in [-0.05, 0) is 70.5 Å². The lowest BCUT2D eigenvalue weighted by Crippen LogP contribution is -2.33. The number of hydrogen-bond donors (Lipinski definition) is 0. The van der Waals surface area contributed by atoms with Crippen molar-refractivity contribution < 1.29 is 0 Å². The molecule has 1 nitrogen and oxygen atoms in total. The molecule has 26 heavy (non-hydrogen) atoms. The van der Waals surface area contributed by atoms with Gasteiger partial charge < -0.3 is 0 Å². The van der Waals surface area contributed by atoms with Crippen LogP contribution in [0.1, 0.15) is 51.7 Å². The fraction of sp³-hybridized carbons (Fsp3) is 0.348. The molecule has 0 saturated heterocycles. The Morgan fingerprint density at radius 3 is 2.19 bits per heavy atom. The highest BCUT2D eigenvalue weighted by molar-refractivity contribution is 7.25. The fourth-order valence-corrected chi connectivity index (χ4v) is 5.84. The van der Waals surface area contributed by atoms with E-state index in [2.05, 4.69) is 56.9 Å². The minimum atomic E-state index is 0.226. The molecule has 0 saturated carbocycles. The van der Waals surface area contributed by atoms with Gasteiger partial charge in [-0.15, -0.1) is 11.3 Å². The van der Waals surface area contributed by atoms with Crippen molar-refractivity contribution >= 4 is 53.9 Å². The normalized spacial score (nSPS) is 18.5. The van der Waals surface area contributed by atoms with Crippen LogP contribution < -0.4 is 0 Å². The predicted molar refractivity (Wildman–Crippen MR) is 115 cm³/mol. The Morgan fingerprint density at radius 1 is 0.846 bits per heavy atom. The highest BCUT2D eigenvalue weighted by Crippen LogP contribution is 2.49. The summed E-state index contributed by atoms with van der Waals surface area (Å²) in [6, 6.07) is 11.5. The van der Waals surface area contributed by atoms with Gasteiger partial charge in [-0.3, -0.25) is 0 Å². The van der Waals surface area contributed by atoms with Crippen LogP contribution in [0.5, 0.6) is 0 Å². The van der Waals surface area contributed by atoms with E-state index in [4.69, 9.17) is 11.6 Å². The van der Waals surface area contributed by atoms with E-state index in [0.29, 0.717) is 5.15 Å². The largest absolute Gasteiger partial charge is 0.244 e. The Morgan fingerprint density at radius 2 is 1.46 bits per heavy atom. The monoisotopic (exact) mass is 379 g/mol. The average molecular weight is 380 g/mol. The number of fused-ring (bicyclic) bond motifs is 5. The van der Waals surface area contributed by atoms with Crippen LogP contribution in [-0.2, 0) is 10.8 Å². The maximum Gasteiger partial charge on any atom is 0.136 e. The van der Waals surface area contributed by atoms with Gasteiger partial charge in [0.05, 0.1) is 0 Å². The van der Waals surface area contributed by atoms with Gasteiger partial charge in [0.15, 0.2) is 0 Å². The average Bonchev–Trinajstić information content (AvgIpc) is 2.94. The Hall–Kier alpha value is -1.64. The molecule has 1 aliphatic carbocycles. The molecule has 0 bridgehead atoms. The molecule has 0 N–H and O–H groups in total. The maximum absolute atomic E-state index is 6.37. The first-order valence-corrected chi connectivity index (χ1v) is 10.4. The first-order valence-electron chi connectivity index (χ1n) is 9.22. The zero-order valence-corrected chi connectivity index (χ0v) is 17.2. The summed E-state index contributed by atoms with van der Waals surface area (Å²) in [6.45, 7) is 9.55. The van der Waals surface area contributed by atoms with Gasteiger partial charge >= 0.3 is 0 Å². The molecule has 2 aromatic carbocycles. The van der Waals surface area contributed by atoms with Crippen molar-refractivity contribution in [3.8, 4) is 0 Å². The predicted octanol–water partition coefficient (Wildman–Crippen LogP) is 7.61. The molecule has 1 aliphatic rings. The maximum atomic E-state index is 6.37. The molecular weight excluding hydrogens is 358 g/mol. The number of aromatic nitrogens is 1. The minimum absolute atomic E-state index is 0.226. The molecular formula is C23H22ClNS. The first-order chi connectivity index (χ1) is 12.3. The van der Waals surface area contributed by atoms with Crippen LogP contribution in [0.15, 0.2) is 36.5 Å². The number of pyridine rings is 1. The molecule has 0 unspecified atom stereocenters. The van der Waals surface area contributed by atoms with Crippen molar-refractivity contribution in [3.05, 3.63) is 52.8 Å². The van der Waals surface area contributed by atoms with Crippen LogP contribution in [0.3, 0.4) is 0 Å². The molecule has 2 heterocycles. The fourth-order valence-electron chi connectivity index (χ4n) is 4.47. The second-order valence-electron chi connectivity index (χ2n) is 8.94. The van der Waals surface area contributed by atoms with Crippen LogP contribution in [0, 0.1) is 0 Å². The van der Waals surface area contributed by atoms with Gasteiger partial charge in [-0.25, -0.2) is 4.98 Å². The van der Waals surface area contributed by atoms with Crippen LogP contribution in [0.2, 0.25) is 5.15 Å². The van der Waals surface area contributed by atoms with E-state index in [0.717, 1.165) is 10.8 Å². The molecule has 4 aromatic rings. The Kier molecular flexibility index (Phi) is 3.31. The number of nitrogens with zero attached hydrogens (tertiary/aromatic N) is 1. The van der Waals surface area contributed by atoms with Gasteiger partial charge in [-0.2, -0.15) is 0 Å². The molecule has 3 heteroatoms. The quantitative estimate of drug-likeness (QED) is 0.286. The van der Waals surface area contributed by atoms with Gasteiger partial charge in [0.25, 0.3) is 0 Å². The zero-order chi connectivity index (χ0) is 18.3. The summed E-state index contributed by atoms with van der Waals surface area (Å²) in [4.78, 5) is 4.26. The summed E-state index contributed by atoms with van der Waals surface area (Å²) < 4.78 is 2.71. The third-order valence-electron chi connectivity index (χ3n) is 6.28. The standard InChI is InChI=1S/C23H22ClNS/c1-22(2)6-7-23(3,4)18-12-20-16(11-17(18)22)15-10-14-13(9-19(15)26-20)5-8-25-21(14)24/h5,8-12H,6-7H2,1-4H3. The van der Waals surface area contributed by atoms with Gasteiger partial charge in [0.1, 0.15) is 5.15 Å². The molecule has 0 radical (unpaired) electrons. The summed E-state index contributed by atoms with van der Waals surface area (Å²) in [6.07, 6.45) is 4.27. The summed E-state index contributed by atoms with van der Waals surface area (Å²) in [5.74, 6) is 0. The Bertz CT molecular complexity index is 1200. The number of thiophene rings is 1. The van der Waals surface area contributed by atoms with Crippen molar-refractivity contribution in [2.45, 2.75) is 51.4 Å². The highest BCUT2D eigenvalue weighted by Gasteiger charge is 2.37. The smallest absolute Gasteiger partial charge is 0.136 e. The molecule has 0 spiro atoms. The highest BCUT2D eigenvalue weighted by atomic mass is 35.5. The molecule has 132 valence electrons. The lowest BCUT2D eigenvalue weighted by molar-refractivity contribution is 0.332. The van der Waals surface area contributed by atoms with E-state index in [1.807, 2.05) is 17.4 Å². The van der Waals surface area contributed by atoms with E-state index in [9.17, 15) is 0 Å². The number of rotatable bonds is 0. The van der Waals surface area contributed by atoms with Crippen molar-refractivity contribution in [1.82, 2.24) is 4.98 Å². The summed E-state index contributed by atoms with van der Waals surface area (Å²) in [5, 5.41) is 5.45. The van der Waals surface area contributed by atoms with E-state index >= 15 is 0 Å². The molecule has 0 atom stereocenters. The zero-order valence-electron chi connectivity index (χ0n) is 15.6. The van der Waals surface area contributed by atoms with E-state index in [1.165, 1.54) is 44.1 Å². The molecule has 0 fully saturated rings. The lowest BCUT2D eigenvalue weighted by Gasteiger charge is -2.41. The summed E-state index contributed by atoms with van der Waals surface area (Å²) >= 11 is 8.26. The molecule has 0 amide bonds.